The third-order valence-corrected chi connectivity index (χ3v) is 5.49. The van der Waals surface area contributed by atoms with Crippen LogP contribution in [0.25, 0.3) is 0 Å². The van der Waals surface area contributed by atoms with Crippen molar-refractivity contribution >= 4 is 17.3 Å². The van der Waals surface area contributed by atoms with Crippen molar-refractivity contribution in [1.29, 1.82) is 0 Å². The van der Waals surface area contributed by atoms with Crippen molar-refractivity contribution in [2.24, 2.45) is 5.10 Å². The first-order valence-electron chi connectivity index (χ1n) is 9.89. The van der Waals surface area contributed by atoms with E-state index in [1.807, 2.05) is 36.4 Å². The zero-order valence-electron chi connectivity index (χ0n) is 16.3. The maximum atomic E-state index is 12.7. The molecule has 0 bridgehead atoms. The molecule has 1 N–H and O–H groups in total. The maximum absolute atomic E-state index is 12.7. The minimum Gasteiger partial charge on any atom is -0.495 e. The van der Waals surface area contributed by atoms with E-state index in [0.717, 1.165) is 55.3 Å². The van der Waals surface area contributed by atoms with Gasteiger partial charge >= 0.3 is 0 Å². The van der Waals surface area contributed by atoms with Gasteiger partial charge in [0.2, 0.25) is 0 Å². The number of hydrazone groups is 1. The van der Waals surface area contributed by atoms with Gasteiger partial charge < -0.3 is 14.5 Å². The fourth-order valence-corrected chi connectivity index (χ4v) is 3.91. The lowest BCUT2D eigenvalue weighted by molar-refractivity contribution is -0.892. The van der Waals surface area contributed by atoms with Crippen LogP contribution in [0.3, 0.4) is 0 Å². The van der Waals surface area contributed by atoms with Gasteiger partial charge in [-0.15, -0.1) is 0 Å². The van der Waals surface area contributed by atoms with E-state index in [2.05, 4.69) is 28.2 Å². The lowest BCUT2D eigenvalue weighted by Crippen LogP contribution is -3.15. The van der Waals surface area contributed by atoms with E-state index >= 15 is 0 Å². The van der Waals surface area contributed by atoms with E-state index in [4.69, 9.17) is 4.74 Å². The lowest BCUT2D eigenvalue weighted by atomic mass is 10.1. The summed E-state index contributed by atoms with van der Waals surface area (Å²) in [5.74, 6) is 1.02. The average Bonchev–Trinajstić information content (AvgIpc) is 3.25. The molecule has 0 saturated carbocycles. The smallest absolute Gasteiger partial charge is 0.297 e. The number of methoxy groups -OCH3 is 1. The Hall–Kier alpha value is -2.86. The molecule has 2 aliphatic rings. The van der Waals surface area contributed by atoms with Crippen LogP contribution in [0.4, 0.5) is 5.69 Å². The number of nitrogens with one attached hydrogen (secondary N) is 1. The van der Waals surface area contributed by atoms with Crippen LogP contribution in [-0.4, -0.2) is 63.0 Å². The highest BCUT2D eigenvalue weighted by atomic mass is 16.5. The first kappa shape index (κ1) is 18.5. The van der Waals surface area contributed by atoms with Crippen molar-refractivity contribution in [3.05, 3.63) is 60.2 Å². The molecule has 6 heteroatoms. The average molecular weight is 379 g/mol. The summed E-state index contributed by atoms with van der Waals surface area (Å²) in [5.41, 5.74) is 3.24. The highest BCUT2D eigenvalue weighted by Crippen LogP contribution is 2.27. The van der Waals surface area contributed by atoms with E-state index in [1.54, 1.807) is 12.1 Å². The molecule has 0 atom stereocenters. The Morgan fingerprint density at radius 2 is 1.75 bits per heavy atom. The van der Waals surface area contributed by atoms with E-state index < -0.39 is 0 Å². The van der Waals surface area contributed by atoms with Gasteiger partial charge in [0.15, 0.2) is 6.54 Å². The van der Waals surface area contributed by atoms with Crippen LogP contribution in [0.1, 0.15) is 12.0 Å². The molecule has 2 aromatic rings. The van der Waals surface area contributed by atoms with Gasteiger partial charge in [0.1, 0.15) is 5.75 Å². The maximum Gasteiger partial charge on any atom is 0.297 e. The Bertz CT molecular complexity index is 845. The number of nitrogens with zero attached hydrogens (tertiary/aromatic N) is 3. The summed E-state index contributed by atoms with van der Waals surface area (Å²) in [7, 11) is 1.71. The summed E-state index contributed by atoms with van der Waals surface area (Å²) in [6.45, 7) is 4.90. The van der Waals surface area contributed by atoms with Gasteiger partial charge in [0.25, 0.3) is 5.91 Å². The second-order valence-corrected chi connectivity index (χ2v) is 7.27. The summed E-state index contributed by atoms with van der Waals surface area (Å²) >= 11 is 0. The van der Waals surface area contributed by atoms with Crippen molar-refractivity contribution in [1.82, 2.24) is 5.01 Å². The fourth-order valence-electron chi connectivity index (χ4n) is 3.91. The monoisotopic (exact) mass is 379 g/mol. The Labute approximate surface area is 166 Å². The number of benzene rings is 2. The van der Waals surface area contributed by atoms with Crippen LogP contribution in [0.15, 0.2) is 59.7 Å². The van der Waals surface area contributed by atoms with E-state index in [1.165, 1.54) is 4.90 Å². The van der Waals surface area contributed by atoms with Gasteiger partial charge in [0, 0.05) is 6.42 Å². The zero-order chi connectivity index (χ0) is 19.3. The molecule has 0 aromatic heterocycles. The first-order chi connectivity index (χ1) is 13.7. The molecule has 2 aromatic carbocycles. The van der Waals surface area contributed by atoms with Gasteiger partial charge in [-0.25, -0.2) is 5.01 Å². The molecule has 146 valence electrons. The molecular weight excluding hydrogens is 352 g/mol. The molecule has 6 nitrogen and oxygen atoms in total. The quantitative estimate of drug-likeness (QED) is 0.845. The summed E-state index contributed by atoms with van der Waals surface area (Å²) in [5, 5.41) is 6.22. The van der Waals surface area contributed by atoms with E-state index in [-0.39, 0.29) is 5.91 Å². The minimum absolute atomic E-state index is 0.117. The number of para-hydroxylation sites is 2. The lowest BCUT2D eigenvalue weighted by Gasteiger charge is -2.34. The standard InChI is InChI=1S/C22H26N4O2/c1-28-21-10-6-5-9-20(21)25-15-13-24(14-16-25)17-22(27)26-12-11-19(23-26)18-7-3-2-4-8-18/h2-10H,11-17H2,1H3/p+1. The van der Waals surface area contributed by atoms with Gasteiger partial charge in [-0.05, 0) is 17.7 Å². The summed E-state index contributed by atoms with van der Waals surface area (Å²) in [4.78, 5) is 16.4. The van der Waals surface area contributed by atoms with Crippen LogP contribution >= 0.6 is 0 Å². The molecule has 28 heavy (non-hydrogen) atoms. The number of quaternary nitrogens is 1. The Morgan fingerprint density at radius 3 is 2.50 bits per heavy atom. The van der Waals surface area contributed by atoms with Crippen LogP contribution in [0.2, 0.25) is 0 Å². The second kappa shape index (κ2) is 8.44. The fraction of sp³-hybridized carbons (Fsp3) is 0.364. The number of ether oxygens (including phenoxy) is 1. The summed E-state index contributed by atoms with van der Waals surface area (Å²) in [6, 6.07) is 18.2. The number of hydrogen-bond acceptors (Lipinski definition) is 4. The summed E-state index contributed by atoms with van der Waals surface area (Å²) < 4.78 is 5.48. The largest absolute Gasteiger partial charge is 0.495 e. The minimum atomic E-state index is 0.117. The van der Waals surface area contributed by atoms with Crippen LogP contribution in [-0.2, 0) is 4.79 Å². The molecule has 0 unspecified atom stereocenters. The van der Waals surface area contributed by atoms with E-state index in [0.29, 0.717) is 13.1 Å². The normalized spacial score (nSPS) is 17.5. The Kier molecular flexibility index (Phi) is 5.58. The van der Waals surface area contributed by atoms with Crippen molar-refractivity contribution in [3.8, 4) is 5.75 Å². The molecule has 0 radical (unpaired) electrons. The molecule has 2 heterocycles. The van der Waals surface area contributed by atoms with Crippen molar-refractivity contribution < 1.29 is 14.4 Å². The van der Waals surface area contributed by atoms with Crippen LogP contribution < -0.4 is 14.5 Å². The predicted molar refractivity (Wildman–Crippen MR) is 110 cm³/mol. The third-order valence-electron chi connectivity index (χ3n) is 5.49. The number of carbonyl (C=O) groups excluding carboxylic acids is 1. The second-order valence-electron chi connectivity index (χ2n) is 7.27. The molecule has 0 spiro atoms. The van der Waals surface area contributed by atoms with Gasteiger partial charge in [0.05, 0.1) is 51.2 Å². The molecule has 1 fully saturated rings. The van der Waals surface area contributed by atoms with Crippen LogP contribution in [0.5, 0.6) is 5.75 Å². The van der Waals surface area contributed by atoms with Gasteiger partial charge in [-0.3, -0.25) is 4.79 Å². The predicted octanol–water partition coefficient (Wildman–Crippen LogP) is 1.04. The summed E-state index contributed by atoms with van der Waals surface area (Å²) in [6.07, 6.45) is 0.826. The van der Waals surface area contributed by atoms with Gasteiger partial charge in [-0.1, -0.05) is 42.5 Å². The molecule has 1 saturated heterocycles. The van der Waals surface area contributed by atoms with E-state index in [9.17, 15) is 4.79 Å². The van der Waals surface area contributed by atoms with Gasteiger partial charge in [-0.2, -0.15) is 5.10 Å². The van der Waals surface area contributed by atoms with Crippen molar-refractivity contribution in [2.45, 2.75) is 6.42 Å². The number of anilines is 1. The molecule has 0 aliphatic carbocycles. The molecular formula is C22H27N4O2+. The highest BCUT2D eigenvalue weighted by Gasteiger charge is 2.28. The Balaban J connectivity index is 1.31. The topological polar surface area (TPSA) is 49.6 Å². The SMILES string of the molecule is COc1ccccc1N1CC[NH+](CC(=O)N2CCC(c3ccccc3)=N2)CC1. The third kappa shape index (κ3) is 4.02. The number of rotatable bonds is 5. The number of carbonyl (C=O) groups is 1. The van der Waals surface area contributed by atoms with Crippen molar-refractivity contribution in [3.63, 3.8) is 0 Å². The number of piperazine rings is 1. The molecule has 2 aliphatic heterocycles. The highest BCUT2D eigenvalue weighted by molar-refractivity contribution is 6.02. The Morgan fingerprint density at radius 1 is 1.04 bits per heavy atom. The van der Waals surface area contributed by atoms with Crippen LogP contribution in [0, 0.1) is 0 Å². The molecule has 1 amide bonds. The number of hydrogen-bond donors (Lipinski definition) is 1. The van der Waals surface area contributed by atoms with Crippen molar-refractivity contribution in [2.75, 3.05) is 51.3 Å². The molecule has 4 rings (SSSR count). The zero-order valence-corrected chi connectivity index (χ0v) is 16.3. The first-order valence-corrected chi connectivity index (χ1v) is 9.89. The number of amides is 1.